The number of hydrogen-bond donors (Lipinski definition) is 2. The summed E-state index contributed by atoms with van der Waals surface area (Å²) in [5.41, 5.74) is 7.34. The van der Waals surface area contributed by atoms with E-state index in [1.165, 1.54) is 12.1 Å². The summed E-state index contributed by atoms with van der Waals surface area (Å²) in [6.07, 6.45) is -0.680. The summed E-state index contributed by atoms with van der Waals surface area (Å²) < 4.78 is 25.2. The molecule has 124 valence electrons. The fourth-order valence-electron chi connectivity index (χ4n) is 2.13. The van der Waals surface area contributed by atoms with E-state index in [0.29, 0.717) is 6.42 Å². The molecule has 1 heterocycles. The predicted octanol–water partition coefficient (Wildman–Crippen LogP) is 2.87. The third kappa shape index (κ3) is 5.34. The average molecular weight is 321 g/mol. The maximum atomic E-state index is 13.0. The lowest BCUT2D eigenvalue weighted by Crippen LogP contribution is -2.19. The minimum atomic E-state index is -1.06. The second-order valence-electron chi connectivity index (χ2n) is 4.94. The molecule has 23 heavy (non-hydrogen) atoms. The highest BCUT2D eigenvalue weighted by Crippen LogP contribution is 2.29. The van der Waals surface area contributed by atoms with Gasteiger partial charge in [0.15, 0.2) is 6.17 Å². The summed E-state index contributed by atoms with van der Waals surface area (Å²) in [5.74, 6) is -0.0668. The molecule has 2 aromatic rings. The fraction of sp³-hybridized carbons (Fsp3) is 0.235. The van der Waals surface area contributed by atoms with Crippen LogP contribution < -0.4 is 11.1 Å². The molecule has 4 nitrogen and oxygen atoms in total. The largest absolute Gasteiger partial charge is 0.412 e. The predicted molar refractivity (Wildman–Crippen MR) is 89.9 cm³/mol. The van der Waals surface area contributed by atoms with E-state index < -0.39 is 6.17 Å². The third-order valence-corrected chi connectivity index (χ3v) is 3.37. The molecule has 0 spiro atoms. The van der Waals surface area contributed by atoms with Gasteiger partial charge in [-0.15, -0.1) is 0 Å². The van der Waals surface area contributed by atoms with Gasteiger partial charge in [0.1, 0.15) is 11.7 Å². The molecule has 2 atom stereocenters. The van der Waals surface area contributed by atoms with Crippen LogP contribution in [0.5, 0.6) is 0 Å². The van der Waals surface area contributed by atoms with Crippen LogP contribution in [0.15, 0.2) is 59.6 Å². The summed E-state index contributed by atoms with van der Waals surface area (Å²) in [4.78, 5) is 4.06. The number of nitrogens with zero attached hydrogens (tertiary/aromatic N) is 1. The van der Waals surface area contributed by atoms with E-state index in [-0.39, 0.29) is 23.2 Å². The zero-order valence-corrected chi connectivity index (χ0v) is 12.8. The number of anilines is 1. The first kappa shape index (κ1) is 18.6. The van der Waals surface area contributed by atoms with Gasteiger partial charge in [-0.1, -0.05) is 30.3 Å². The van der Waals surface area contributed by atoms with Crippen LogP contribution in [0.2, 0.25) is 0 Å². The molecule has 1 aliphatic heterocycles. The van der Waals surface area contributed by atoms with Crippen LogP contribution in [-0.4, -0.2) is 24.5 Å². The van der Waals surface area contributed by atoms with Gasteiger partial charge in [-0.05, 0) is 29.8 Å². The molecule has 0 radical (unpaired) electrons. The highest BCUT2D eigenvalue weighted by molar-refractivity contribution is 5.86. The standard InChI is InChI=1S/C10H11FN2.C7H8FN.H2O/c11-8-6-9(13-10(8)12)7-4-2-1-3-5-7;1-9-7-4-2-6(8)3-5-7;/h1-5,8-9H,6H2,(H2,12,13);2-5,9H,1H3;1H2/t8-,9+;;/m1../s1. The van der Waals surface area contributed by atoms with Crippen molar-refractivity contribution < 1.29 is 14.3 Å². The van der Waals surface area contributed by atoms with Gasteiger partial charge in [0, 0.05) is 19.2 Å². The normalized spacial score (nSPS) is 19.0. The molecular weight excluding hydrogens is 300 g/mol. The summed E-state index contributed by atoms with van der Waals surface area (Å²) in [6.45, 7) is 0. The van der Waals surface area contributed by atoms with Crippen molar-refractivity contribution in [3.63, 3.8) is 0 Å². The molecule has 0 fully saturated rings. The lowest BCUT2D eigenvalue weighted by atomic mass is 10.0. The Bertz CT molecular complexity index is 617. The summed E-state index contributed by atoms with van der Waals surface area (Å²) >= 11 is 0. The Kier molecular flexibility index (Phi) is 7.15. The number of benzene rings is 2. The zero-order valence-electron chi connectivity index (χ0n) is 12.8. The minimum Gasteiger partial charge on any atom is -0.412 e. The number of nitrogens with one attached hydrogen (secondary N) is 1. The van der Waals surface area contributed by atoms with Crippen LogP contribution >= 0.6 is 0 Å². The van der Waals surface area contributed by atoms with Crippen LogP contribution in [0.3, 0.4) is 0 Å². The van der Waals surface area contributed by atoms with E-state index in [1.807, 2.05) is 30.3 Å². The zero-order chi connectivity index (χ0) is 15.9. The van der Waals surface area contributed by atoms with E-state index in [1.54, 1.807) is 19.2 Å². The van der Waals surface area contributed by atoms with Crippen LogP contribution in [0.4, 0.5) is 14.5 Å². The Morgan fingerprint density at radius 2 is 1.70 bits per heavy atom. The van der Waals surface area contributed by atoms with Crippen LogP contribution in [0.25, 0.3) is 0 Å². The van der Waals surface area contributed by atoms with Crippen molar-refractivity contribution in [1.29, 1.82) is 0 Å². The highest BCUT2D eigenvalue weighted by atomic mass is 19.1. The summed E-state index contributed by atoms with van der Waals surface area (Å²) in [7, 11) is 1.80. The SMILES string of the molecule is CNc1ccc(F)cc1.NC1=N[C@H](c2ccccc2)C[C@H]1F.O. The van der Waals surface area contributed by atoms with E-state index in [4.69, 9.17) is 5.73 Å². The maximum Gasteiger partial charge on any atom is 0.159 e. The quantitative estimate of drug-likeness (QED) is 0.891. The first-order valence-electron chi connectivity index (χ1n) is 7.05. The molecule has 6 heteroatoms. The molecule has 0 aliphatic carbocycles. The second-order valence-corrected chi connectivity index (χ2v) is 4.94. The van der Waals surface area contributed by atoms with Crippen LogP contribution in [-0.2, 0) is 0 Å². The third-order valence-electron chi connectivity index (χ3n) is 3.37. The van der Waals surface area contributed by atoms with Gasteiger partial charge < -0.3 is 16.5 Å². The Balaban J connectivity index is 0.000000235. The Labute approximate surface area is 134 Å². The van der Waals surface area contributed by atoms with Gasteiger partial charge in [-0.3, -0.25) is 4.99 Å². The minimum absolute atomic E-state index is 0. The number of rotatable bonds is 2. The molecule has 0 saturated heterocycles. The average Bonchev–Trinajstić information content (AvgIpc) is 2.89. The molecule has 0 aromatic heterocycles. The van der Waals surface area contributed by atoms with Crippen LogP contribution in [0, 0.1) is 5.82 Å². The van der Waals surface area contributed by atoms with Gasteiger partial charge in [0.2, 0.25) is 0 Å². The number of halogens is 2. The Morgan fingerprint density at radius 3 is 2.17 bits per heavy atom. The number of nitrogens with two attached hydrogens (primary N) is 1. The molecule has 0 amide bonds. The molecule has 0 unspecified atom stereocenters. The maximum absolute atomic E-state index is 13.0. The van der Waals surface area contributed by atoms with Gasteiger partial charge in [0.25, 0.3) is 0 Å². The summed E-state index contributed by atoms with van der Waals surface area (Å²) in [6, 6.07) is 15.8. The van der Waals surface area contributed by atoms with Gasteiger partial charge in [-0.25, -0.2) is 8.78 Å². The molecule has 3 rings (SSSR count). The first-order valence-corrected chi connectivity index (χ1v) is 7.05. The van der Waals surface area contributed by atoms with E-state index in [9.17, 15) is 8.78 Å². The van der Waals surface area contributed by atoms with Crippen molar-refractivity contribution in [3.05, 3.63) is 66.0 Å². The molecule has 1 aliphatic rings. The van der Waals surface area contributed by atoms with Crippen LogP contribution in [0.1, 0.15) is 18.0 Å². The molecule has 0 saturated carbocycles. The second kappa shape index (κ2) is 8.85. The van der Waals surface area contributed by atoms with Gasteiger partial charge >= 0.3 is 0 Å². The number of alkyl halides is 1. The highest BCUT2D eigenvalue weighted by Gasteiger charge is 2.26. The van der Waals surface area contributed by atoms with E-state index in [2.05, 4.69) is 10.3 Å². The van der Waals surface area contributed by atoms with Gasteiger partial charge in [0.05, 0.1) is 6.04 Å². The Morgan fingerprint density at radius 1 is 1.09 bits per heavy atom. The number of aliphatic imine (C=N–C) groups is 1. The fourth-order valence-corrected chi connectivity index (χ4v) is 2.13. The van der Waals surface area contributed by atoms with Crippen molar-refractivity contribution in [2.24, 2.45) is 10.7 Å². The molecule has 2 aromatic carbocycles. The van der Waals surface area contributed by atoms with E-state index in [0.717, 1.165) is 11.3 Å². The van der Waals surface area contributed by atoms with Crippen molar-refractivity contribution >= 4 is 11.5 Å². The lowest BCUT2D eigenvalue weighted by Gasteiger charge is -2.05. The van der Waals surface area contributed by atoms with Crippen molar-refractivity contribution in [3.8, 4) is 0 Å². The number of amidine groups is 1. The lowest BCUT2D eigenvalue weighted by molar-refractivity contribution is 0.400. The van der Waals surface area contributed by atoms with E-state index >= 15 is 0 Å². The topological polar surface area (TPSA) is 81.9 Å². The monoisotopic (exact) mass is 321 g/mol. The van der Waals surface area contributed by atoms with Crippen molar-refractivity contribution in [2.45, 2.75) is 18.6 Å². The van der Waals surface area contributed by atoms with Crippen molar-refractivity contribution in [1.82, 2.24) is 0 Å². The van der Waals surface area contributed by atoms with Crippen molar-refractivity contribution in [2.75, 3.05) is 12.4 Å². The molecule has 0 bridgehead atoms. The first-order chi connectivity index (χ1) is 10.6. The van der Waals surface area contributed by atoms with Gasteiger partial charge in [-0.2, -0.15) is 0 Å². The molecule has 5 N–H and O–H groups in total. The Hall–Kier alpha value is -2.47. The smallest absolute Gasteiger partial charge is 0.159 e. The summed E-state index contributed by atoms with van der Waals surface area (Å²) in [5, 5.41) is 2.89. The number of hydrogen-bond acceptors (Lipinski definition) is 3. The molecular formula is C17H21F2N3O.